The van der Waals surface area contributed by atoms with E-state index in [0.717, 1.165) is 17.3 Å². The highest BCUT2D eigenvalue weighted by Crippen LogP contribution is 2.16. The molecule has 2 aromatic heterocycles. The van der Waals surface area contributed by atoms with Gasteiger partial charge in [0.15, 0.2) is 0 Å². The number of aliphatic hydroxyl groups excluding tert-OH is 1. The first-order valence-corrected chi connectivity index (χ1v) is 6.46. The molecule has 2 N–H and O–H groups in total. The average molecular weight is 252 g/mol. The van der Waals surface area contributed by atoms with E-state index in [0.29, 0.717) is 18.2 Å². The molecule has 5 heteroatoms. The Morgan fingerprint density at radius 3 is 2.94 bits per heavy atom. The van der Waals surface area contributed by atoms with Crippen molar-refractivity contribution in [3.05, 3.63) is 40.2 Å². The monoisotopic (exact) mass is 252 g/mol. The molecule has 4 nitrogen and oxygen atoms in total. The first kappa shape index (κ1) is 12.3. The summed E-state index contributed by atoms with van der Waals surface area (Å²) in [6, 6.07) is 3.67. The van der Waals surface area contributed by atoms with Gasteiger partial charge in [0, 0.05) is 24.0 Å². The van der Waals surface area contributed by atoms with E-state index in [-0.39, 0.29) is 6.61 Å². The van der Waals surface area contributed by atoms with Gasteiger partial charge in [-0.2, -0.15) is 0 Å². The molecular weight excluding hydrogens is 236 g/mol. The fraction of sp³-hybridized carbons (Fsp3) is 0.417. The Morgan fingerprint density at radius 1 is 1.47 bits per heavy atom. The summed E-state index contributed by atoms with van der Waals surface area (Å²) in [4.78, 5) is 4.28. The van der Waals surface area contributed by atoms with Gasteiger partial charge in [0.05, 0.1) is 11.6 Å². The summed E-state index contributed by atoms with van der Waals surface area (Å²) in [6.45, 7) is 3.64. The predicted octanol–water partition coefficient (Wildman–Crippen LogP) is 2.12. The van der Waals surface area contributed by atoms with Crippen LogP contribution in [0.1, 0.15) is 29.4 Å². The third kappa shape index (κ3) is 3.39. The highest BCUT2D eigenvalue weighted by molar-refractivity contribution is 7.09. The maximum Gasteiger partial charge on any atom is 0.129 e. The van der Waals surface area contributed by atoms with E-state index in [1.165, 1.54) is 0 Å². The van der Waals surface area contributed by atoms with Crippen LogP contribution in [0.2, 0.25) is 0 Å². The van der Waals surface area contributed by atoms with E-state index < -0.39 is 0 Å². The van der Waals surface area contributed by atoms with Gasteiger partial charge in [0.2, 0.25) is 0 Å². The quantitative estimate of drug-likeness (QED) is 0.827. The van der Waals surface area contributed by atoms with Crippen molar-refractivity contribution in [2.45, 2.75) is 26.0 Å². The molecule has 0 spiro atoms. The van der Waals surface area contributed by atoms with Crippen LogP contribution < -0.4 is 5.32 Å². The lowest BCUT2D eigenvalue weighted by molar-refractivity contribution is 0.242. The van der Waals surface area contributed by atoms with E-state index in [9.17, 15) is 0 Å². The van der Waals surface area contributed by atoms with Crippen molar-refractivity contribution >= 4 is 11.3 Å². The smallest absolute Gasteiger partial charge is 0.129 e. The number of aromatic nitrogens is 1. The summed E-state index contributed by atoms with van der Waals surface area (Å²) in [5.74, 6) is 1.86. The van der Waals surface area contributed by atoms with Crippen LogP contribution in [0.4, 0.5) is 0 Å². The predicted molar refractivity (Wildman–Crippen MR) is 66.9 cm³/mol. The number of hydrogen-bond acceptors (Lipinski definition) is 5. The van der Waals surface area contributed by atoms with Crippen molar-refractivity contribution in [3.63, 3.8) is 0 Å². The molecule has 0 saturated heterocycles. The van der Waals surface area contributed by atoms with Gasteiger partial charge in [-0.1, -0.05) is 6.92 Å². The SMILES string of the molecule is CC(CNCc1ccc(CO)o1)c1nccs1. The largest absolute Gasteiger partial charge is 0.462 e. The van der Waals surface area contributed by atoms with Gasteiger partial charge >= 0.3 is 0 Å². The molecule has 0 bridgehead atoms. The molecule has 0 aliphatic carbocycles. The summed E-state index contributed by atoms with van der Waals surface area (Å²) >= 11 is 1.68. The molecule has 1 atom stereocenters. The summed E-state index contributed by atoms with van der Waals surface area (Å²) in [5.41, 5.74) is 0. The summed E-state index contributed by atoms with van der Waals surface area (Å²) in [7, 11) is 0. The normalized spacial score (nSPS) is 12.8. The molecule has 2 aromatic rings. The van der Waals surface area contributed by atoms with Gasteiger partial charge in [-0.05, 0) is 12.1 Å². The molecule has 2 heterocycles. The first-order chi connectivity index (χ1) is 8.29. The zero-order chi connectivity index (χ0) is 12.1. The molecule has 0 amide bonds. The summed E-state index contributed by atoms with van der Waals surface area (Å²) in [5, 5.41) is 15.3. The third-order valence-electron chi connectivity index (χ3n) is 2.50. The van der Waals surface area contributed by atoms with Crippen molar-refractivity contribution in [2.24, 2.45) is 0 Å². The zero-order valence-electron chi connectivity index (χ0n) is 9.72. The lowest BCUT2D eigenvalue weighted by atomic mass is 10.2. The number of rotatable bonds is 6. The minimum absolute atomic E-state index is 0.0461. The molecule has 0 aliphatic heterocycles. The molecular formula is C12H16N2O2S. The van der Waals surface area contributed by atoms with E-state index in [4.69, 9.17) is 9.52 Å². The van der Waals surface area contributed by atoms with Crippen LogP contribution in [0.15, 0.2) is 28.1 Å². The molecule has 0 aliphatic rings. The second-order valence-electron chi connectivity index (χ2n) is 3.93. The molecule has 2 rings (SSSR count). The van der Waals surface area contributed by atoms with Crippen LogP contribution in [0.25, 0.3) is 0 Å². The fourth-order valence-corrected chi connectivity index (χ4v) is 2.28. The lowest BCUT2D eigenvalue weighted by Crippen LogP contribution is -2.19. The molecule has 17 heavy (non-hydrogen) atoms. The Kier molecular flexibility index (Phi) is 4.30. The van der Waals surface area contributed by atoms with Crippen LogP contribution in [-0.4, -0.2) is 16.6 Å². The van der Waals surface area contributed by atoms with E-state index in [1.54, 1.807) is 17.4 Å². The number of nitrogens with one attached hydrogen (secondary N) is 1. The lowest BCUT2D eigenvalue weighted by Gasteiger charge is -2.08. The van der Waals surface area contributed by atoms with Crippen LogP contribution in [0, 0.1) is 0 Å². The van der Waals surface area contributed by atoms with E-state index in [2.05, 4.69) is 17.2 Å². The highest BCUT2D eigenvalue weighted by atomic mass is 32.1. The summed E-state index contributed by atoms with van der Waals surface area (Å²) in [6.07, 6.45) is 1.83. The molecule has 0 fully saturated rings. The molecule has 0 aromatic carbocycles. The van der Waals surface area contributed by atoms with Crippen LogP contribution in [0.5, 0.6) is 0 Å². The second kappa shape index (κ2) is 5.95. The van der Waals surface area contributed by atoms with Crippen molar-refractivity contribution in [1.29, 1.82) is 0 Å². The standard InChI is InChI=1S/C12H16N2O2S/c1-9(12-14-4-5-17-12)6-13-7-10-2-3-11(8-15)16-10/h2-5,9,13,15H,6-8H2,1H3. The third-order valence-corrected chi connectivity index (χ3v) is 3.50. The second-order valence-corrected chi connectivity index (χ2v) is 4.85. The topological polar surface area (TPSA) is 58.3 Å². The number of furan rings is 1. The fourth-order valence-electron chi connectivity index (χ4n) is 1.58. The Bertz CT molecular complexity index is 439. The molecule has 0 radical (unpaired) electrons. The molecule has 1 unspecified atom stereocenters. The van der Waals surface area contributed by atoms with Crippen LogP contribution >= 0.6 is 11.3 Å². The van der Waals surface area contributed by atoms with E-state index >= 15 is 0 Å². The van der Waals surface area contributed by atoms with Crippen molar-refractivity contribution in [2.75, 3.05) is 6.54 Å². The van der Waals surface area contributed by atoms with Crippen molar-refractivity contribution in [3.8, 4) is 0 Å². The zero-order valence-corrected chi connectivity index (χ0v) is 10.5. The van der Waals surface area contributed by atoms with Crippen LogP contribution in [0.3, 0.4) is 0 Å². The van der Waals surface area contributed by atoms with Gasteiger partial charge in [-0.3, -0.25) is 0 Å². The van der Waals surface area contributed by atoms with E-state index in [1.807, 2.05) is 17.6 Å². The highest BCUT2D eigenvalue weighted by Gasteiger charge is 2.08. The molecule has 92 valence electrons. The minimum atomic E-state index is -0.0461. The molecule has 0 saturated carbocycles. The maximum absolute atomic E-state index is 8.87. The van der Waals surface area contributed by atoms with Gasteiger partial charge in [-0.25, -0.2) is 4.98 Å². The Labute approximate surface area is 104 Å². The van der Waals surface area contributed by atoms with Crippen LogP contribution in [-0.2, 0) is 13.2 Å². The Balaban J connectivity index is 1.76. The van der Waals surface area contributed by atoms with Gasteiger partial charge in [0.1, 0.15) is 18.1 Å². The average Bonchev–Trinajstić information content (AvgIpc) is 3.00. The Hall–Kier alpha value is -1.17. The van der Waals surface area contributed by atoms with Crippen molar-refractivity contribution in [1.82, 2.24) is 10.3 Å². The number of nitrogens with zero attached hydrogens (tertiary/aromatic N) is 1. The van der Waals surface area contributed by atoms with Crippen molar-refractivity contribution < 1.29 is 9.52 Å². The Morgan fingerprint density at radius 2 is 2.29 bits per heavy atom. The number of aliphatic hydroxyl groups is 1. The van der Waals surface area contributed by atoms with Gasteiger partial charge < -0.3 is 14.8 Å². The minimum Gasteiger partial charge on any atom is -0.462 e. The number of thiazole rings is 1. The summed E-state index contributed by atoms with van der Waals surface area (Å²) < 4.78 is 5.38. The van der Waals surface area contributed by atoms with Gasteiger partial charge in [0.25, 0.3) is 0 Å². The first-order valence-electron chi connectivity index (χ1n) is 5.58. The maximum atomic E-state index is 8.87. The van der Waals surface area contributed by atoms with Gasteiger partial charge in [-0.15, -0.1) is 11.3 Å². The number of hydrogen-bond donors (Lipinski definition) is 2.